The highest BCUT2D eigenvalue weighted by atomic mass is 35.5. The van der Waals surface area contributed by atoms with Gasteiger partial charge in [0.05, 0.1) is 0 Å². The van der Waals surface area contributed by atoms with Crippen LogP contribution in [0.4, 0.5) is 5.82 Å². The van der Waals surface area contributed by atoms with Crippen molar-refractivity contribution in [3.63, 3.8) is 0 Å². The molecule has 0 saturated heterocycles. The summed E-state index contributed by atoms with van der Waals surface area (Å²) in [6.07, 6.45) is 4.28. The predicted molar refractivity (Wildman–Crippen MR) is 74.9 cm³/mol. The van der Waals surface area contributed by atoms with E-state index in [2.05, 4.69) is 34.1 Å². The first-order valence-electron chi connectivity index (χ1n) is 5.98. The number of hydrogen-bond acceptors (Lipinski definition) is 4. The maximum absolute atomic E-state index is 5.78. The summed E-state index contributed by atoms with van der Waals surface area (Å²) >= 11 is 5.78. The second kappa shape index (κ2) is 5.48. The molecule has 5 heteroatoms. The van der Waals surface area contributed by atoms with Crippen LogP contribution in [0.2, 0.25) is 0 Å². The number of rotatable bonds is 5. The van der Waals surface area contributed by atoms with Crippen LogP contribution in [-0.4, -0.2) is 27.4 Å². The zero-order valence-corrected chi connectivity index (χ0v) is 11.4. The van der Waals surface area contributed by atoms with E-state index in [-0.39, 0.29) is 5.41 Å². The Hall–Kier alpha value is -1.42. The lowest BCUT2D eigenvalue weighted by atomic mass is 9.90. The van der Waals surface area contributed by atoms with Gasteiger partial charge in [0, 0.05) is 24.8 Å². The van der Waals surface area contributed by atoms with Crippen molar-refractivity contribution in [2.45, 2.75) is 20.3 Å². The van der Waals surface area contributed by atoms with Crippen molar-refractivity contribution in [3.05, 3.63) is 24.5 Å². The van der Waals surface area contributed by atoms with E-state index in [1.54, 1.807) is 12.4 Å². The number of nitrogens with zero attached hydrogens (tertiary/aromatic N) is 3. The van der Waals surface area contributed by atoms with Crippen molar-refractivity contribution < 1.29 is 0 Å². The molecule has 2 rings (SSSR count). The molecule has 18 heavy (non-hydrogen) atoms. The van der Waals surface area contributed by atoms with E-state index < -0.39 is 0 Å². The first kappa shape index (κ1) is 13.0. The van der Waals surface area contributed by atoms with Gasteiger partial charge in [0.2, 0.25) is 0 Å². The standard InChI is InChI=1S/C13H17ClN4/c1-13(2,5-6-14)9-17-11-4-3-10-12(18-11)16-8-7-15-10/h3-4,7-8H,5-6,9H2,1-2H3,(H,16,17,18). The van der Waals surface area contributed by atoms with Crippen molar-refractivity contribution in [2.75, 3.05) is 17.7 Å². The molecule has 0 spiro atoms. The summed E-state index contributed by atoms with van der Waals surface area (Å²) in [5, 5.41) is 3.32. The molecule has 0 fully saturated rings. The Morgan fingerprint density at radius 3 is 2.78 bits per heavy atom. The summed E-state index contributed by atoms with van der Waals surface area (Å²) < 4.78 is 0. The average molecular weight is 265 g/mol. The highest BCUT2D eigenvalue weighted by molar-refractivity contribution is 6.17. The summed E-state index contributed by atoms with van der Waals surface area (Å²) in [5.41, 5.74) is 1.63. The van der Waals surface area contributed by atoms with Crippen LogP contribution in [-0.2, 0) is 0 Å². The topological polar surface area (TPSA) is 50.7 Å². The lowest BCUT2D eigenvalue weighted by Gasteiger charge is -2.24. The third kappa shape index (κ3) is 3.29. The van der Waals surface area contributed by atoms with Crippen LogP contribution in [0.5, 0.6) is 0 Å². The molecule has 0 radical (unpaired) electrons. The van der Waals surface area contributed by atoms with E-state index in [1.807, 2.05) is 12.1 Å². The van der Waals surface area contributed by atoms with Crippen LogP contribution in [0.25, 0.3) is 11.2 Å². The Morgan fingerprint density at radius 1 is 1.22 bits per heavy atom. The zero-order chi connectivity index (χ0) is 13.0. The molecule has 0 amide bonds. The Kier molecular flexibility index (Phi) is 3.97. The molecule has 1 N–H and O–H groups in total. The zero-order valence-electron chi connectivity index (χ0n) is 10.7. The molecule has 0 bridgehead atoms. The Balaban J connectivity index is 2.08. The Labute approximate surface area is 112 Å². The van der Waals surface area contributed by atoms with Crippen LogP contribution in [0.3, 0.4) is 0 Å². The predicted octanol–water partition coefficient (Wildman–Crippen LogP) is 3.09. The SMILES string of the molecule is CC(C)(CCCl)CNc1ccc2nccnc2n1. The first-order chi connectivity index (χ1) is 8.61. The largest absolute Gasteiger partial charge is 0.369 e. The molecule has 0 aliphatic rings. The van der Waals surface area contributed by atoms with Gasteiger partial charge in [0.25, 0.3) is 0 Å². The van der Waals surface area contributed by atoms with Crippen LogP contribution < -0.4 is 5.32 Å². The molecular formula is C13H17ClN4. The number of fused-ring (bicyclic) bond motifs is 1. The monoisotopic (exact) mass is 264 g/mol. The van der Waals surface area contributed by atoms with Gasteiger partial charge in [-0.25, -0.2) is 9.97 Å². The molecule has 0 aliphatic heterocycles. The maximum atomic E-state index is 5.78. The van der Waals surface area contributed by atoms with Crippen LogP contribution >= 0.6 is 11.6 Å². The molecule has 96 valence electrons. The van der Waals surface area contributed by atoms with Crippen LogP contribution in [0.1, 0.15) is 20.3 Å². The third-order valence-corrected chi connectivity index (χ3v) is 3.04. The molecule has 0 aromatic carbocycles. The summed E-state index contributed by atoms with van der Waals surface area (Å²) in [4.78, 5) is 12.8. The lowest BCUT2D eigenvalue weighted by molar-refractivity contribution is 0.379. The Morgan fingerprint density at radius 2 is 2.00 bits per heavy atom. The minimum atomic E-state index is 0.154. The molecule has 2 heterocycles. The van der Waals surface area contributed by atoms with E-state index in [0.29, 0.717) is 11.5 Å². The summed E-state index contributed by atoms with van der Waals surface area (Å²) in [6.45, 7) is 5.20. The smallest absolute Gasteiger partial charge is 0.180 e. The van der Waals surface area contributed by atoms with Gasteiger partial charge >= 0.3 is 0 Å². The fourth-order valence-electron chi connectivity index (χ4n) is 1.63. The number of aromatic nitrogens is 3. The van der Waals surface area contributed by atoms with Gasteiger partial charge in [-0.05, 0) is 24.0 Å². The van der Waals surface area contributed by atoms with Gasteiger partial charge in [0.15, 0.2) is 5.65 Å². The molecule has 0 saturated carbocycles. The molecule has 2 aromatic rings. The second-order valence-corrected chi connectivity index (χ2v) is 5.43. The molecule has 0 aliphatic carbocycles. The second-order valence-electron chi connectivity index (χ2n) is 5.05. The molecule has 2 aromatic heterocycles. The van der Waals surface area contributed by atoms with Gasteiger partial charge in [0.1, 0.15) is 11.3 Å². The van der Waals surface area contributed by atoms with E-state index in [4.69, 9.17) is 11.6 Å². The maximum Gasteiger partial charge on any atom is 0.180 e. The number of alkyl halides is 1. The third-order valence-electron chi connectivity index (χ3n) is 2.85. The van der Waals surface area contributed by atoms with Crippen molar-refractivity contribution >= 4 is 28.6 Å². The molecule has 0 atom stereocenters. The number of hydrogen-bond donors (Lipinski definition) is 1. The molecule has 0 unspecified atom stereocenters. The molecule has 4 nitrogen and oxygen atoms in total. The number of pyridine rings is 1. The fraction of sp³-hybridized carbons (Fsp3) is 0.462. The minimum Gasteiger partial charge on any atom is -0.369 e. The lowest BCUT2D eigenvalue weighted by Crippen LogP contribution is -2.23. The quantitative estimate of drug-likeness (QED) is 0.843. The van der Waals surface area contributed by atoms with Gasteiger partial charge in [-0.1, -0.05) is 13.8 Å². The highest BCUT2D eigenvalue weighted by Crippen LogP contribution is 2.21. The number of nitrogens with one attached hydrogen (secondary N) is 1. The van der Waals surface area contributed by atoms with Crippen molar-refractivity contribution in [3.8, 4) is 0 Å². The van der Waals surface area contributed by atoms with Gasteiger partial charge in [-0.2, -0.15) is 0 Å². The van der Waals surface area contributed by atoms with Crippen LogP contribution in [0, 0.1) is 5.41 Å². The minimum absolute atomic E-state index is 0.154. The highest BCUT2D eigenvalue weighted by Gasteiger charge is 2.16. The van der Waals surface area contributed by atoms with Crippen molar-refractivity contribution in [2.24, 2.45) is 5.41 Å². The van der Waals surface area contributed by atoms with Gasteiger partial charge in [-0.3, -0.25) is 4.98 Å². The number of anilines is 1. The summed E-state index contributed by atoms with van der Waals surface area (Å²) in [5.74, 6) is 1.50. The van der Waals surface area contributed by atoms with E-state index in [9.17, 15) is 0 Å². The normalized spacial score (nSPS) is 11.7. The number of halogens is 1. The van der Waals surface area contributed by atoms with E-state index in [1.165, 1.54) is 0 Å². The van der Waals surface area contributed by atoms with Crippen molar-refractivity contribution in [1.82, 2.24) is 15.0 Å². The summed E-state index contributed by atoms with van der Waals surface area (Å²) in [7, 11) is 0. The van der Waals surface area contributed by atoms with Gasteiger partial charge in [-0.15, -0.1) is 11.6 Å². The van der Waals surface area contributed by atoms with E-state index in [0.717, 1.165) is 24.3 Å². The van der Waals surface area contributed by atoms with Gasteiger partial charge < -0.3 is 5.32 Å². The average Bonchev–Trinajstić information content (AvgIpc) is 2.36. The first-order valence-corrected chi connectivity index (χ1v) is 6.52. The summed E-state index contributed by atoms with van der Waals surface area (Å²) in [6, 6.07) is 3.85. The van der Waals surface area contributed by atoms with Crippen molar-refractivity contribution in [1.29, 1.82) is 0 Å². The fourth-order valence-corrected chi connectivity index (χ4v) is 2.14. The van der Waals surface area contributed by atoms with Crippen LogP contribution in [0.15, 0.2) is 24.5 Å². The Bertz CT molecular complexity index is 527. The molecular weight excluding hydrogens is 248 g/mol. The van der Waals surface area contributed by atoms with E-state index >= 15 is 0 Å².